The van der Waals surface area contributed by atoms with E-state index >= 15 is 0 Å². The third-order valence-corrected chi connectivity index (χ3v) is 1.65. The Morgan fingerprint density at radius 1 is 1.33 bits per heavy atom. The second-order valence-electron chi connectivity index (χ2n) is 2.66. The van der Waals surface area contributed by atoms with Gasteiger partial charge < -0.3 is 4.74 Å². The summed E-state index contributed by atoms with van der Waals surface area (Å²) in [6.45, 7) is 0. The third kappa shape index (κ3) is 2.87. The van der Waals surface area contributed by atoms with Crippen LogP contribution in [0.5, 0.6) is 0 Å². The molecule has 0 spiro atoms. The molecule has 0 heterocycles. The van der Waals surface area contributed by atoms with Crippen molar-refractivity contribution in [3.05, 3.63) is 29.8 Å². The number of rotatable bonds is 1. The quantitative estimate of drug-likeness (QED) is 0.788. The normalized spacial score (nSPS) is 10.9. The first-order valence-corrected chi connectivity index (χ1v) is 3.96. The van der Waals surface area contributed by atoms with Gasteiger partial charge in [0.15, 0.2) is 0 Å². The van der Waals surface area contributed by atoms with Crippen molar-refractivity contribution in [2.75, 3.05) is 12.4 Å². The van der Waals surface area contributed by atoms with E-state index < -0.39 is 17.8 Å². The average Bonchev–Trinajstić information content (AvgIpc) is 2.17. The van der Waals surface area contributed by atoms with Crippen LogP contribution in [0.1, 0.15) is 5.56 Å². The minimum Gasteiger partial charge on any atom is -0.453 e. The smallest absolute Gasteiger partial charge is 0.418 e. The number of halogens is 3. The maximum Gasteiger partial charge on any atom is 0.418 e. The van der Waals surface area contributed by atoms with Gasteiger partial charge in [-0.2, -0.15) is 13.2 Å². The number of alkyl halides is 3. The molecule has 15 heavy (non-hydrogen) atoms. The number of ether oxygens (including phenoxy) is 1. The number of para-hydroxylation sites is 1. The highest BCUT2D eigenvalue weighted by atomic mass is 19.4. The lowest BCUT2D eigenvalue weighted by molar-refractivity contribution is -0.136. The molecule has 1 amide bonds. The highest BCUT2D eigenvalue weighted by molar-refractivity contribution is 5.85. The van der Waals surface area contributed by atoms with Gasteiger partial charge in [0.05, 0.1) is 18.4 Å². The monoisotopic (exact) mass is 219 g/mol. The molecule has 1 rings (SSSR count). The molecule has 1 aromatic rings. The van der Waals surface area contributed by atoms with Crippen LogP contribution >= 0.6 is 0 Å². The lowest BCUT2D eigenvalue weighted by Crippen LogP contribution is -2.16. The van der Waals surface area contributed by atoms with Crippen molar-refractivity contribution in [2.45, 2.75) is 6.18 Å². The van der Waals surface area contributed by atoms with Gasteiger partial charge in [-0.3, -0.25) is 5.32 Å². The van der Waals surface area contributed by atoms with E-state index in [9.17, 15) is 18.0 Å². The predicted molar refractivity (Wildman–Crippen MR) is 47.5 cm³/mol. The van der Waals surface area contributed by atoms with E-state index in [1.54, 1.807) is 0 Å². The summed E-state index contributed by atoms with van der Waals surface area (Å²) < 4.78 is 41.4. The van der Waals surface area contributed by atoms with E-state index in [2.05, 4.69) is 4.74 Å². The molecule has 0 fully saturated rings. The third-order valence-electron chi connectivity index (χ3n) is 1.65. The fraction of sp³-hybridized carbons (Fsp3) is 0.222. The van der Waals surface area contributed by atoms with Gasteiger partial charge in [0.1, 0.15) is 0 Å². The second-order valence-corrected chi connectivity index (χ2v) is 2.66. The van der Waals surface area contributed by atoms with Gasteiger partial charge in [0.25, 0.3) is 0 Å². The van der Waals surface area contributed by atoms with Crippen LogP contribution in [-0.2, 0) is 10.9 Å². The first-order valence-electron chi connectivity index (χ1n) is 3.96. The van der Waals surface area contributed by atoms with Gasteiger partial charge in [-0.05, 0) is 12.1 Å². The molecule has 0 aliphatic carbocycles. The van der Waals surface area contributed by atoms with E-state index in [4.69, 9.17) is 0 Å². The Balaban J connectivity index is 3.02. The van der Waals surface area contributed by atoms with Crippen molar-refractivity contribution >= 4 is 11.8 Å². The van der Waals surface area contributed by atoms with Gasteiger partial charge >= 0.3 is 12.3 Å². The molecular weight excluding hydrogens is 211 g/mol. The first kappa shape index (κ1) is 11.4. The number of hydrogen-bond acceptors (Lipinski definition) is 2. The van der Waals surface area contributed by atoms with Gasteiger partial charge in [-0.15, -0.1) is 0 Å². The molecular formula is C9H8F3NO2. The molecule has 0 aliphatic rings. The molecule has 0 bridgehead atoms. The van der Waals surface area contributed by atoms with Crippen molar-refractivity contribution in [1.29, 1.82) is 0 Å². The van der Waals surface area contributed by atoms with Crippen molar-refractivity contribution < 1.29 is 22.7 Å². The van der Waals surface area contributed by atoms with Crippen molar-refractivity contribution in [3.8, 4) is 0 Å². The Kier molecular flexibility index (Phi) is 3.18. The summed E-state index contributed by atoms with van der Waals surface area (Å²) in [5, 5.41) is 1.99. The van der Waals surface area contributed by atoms with E-state index in [-0.39, 0.29) is 5.69 Å². The van der Waals surface area contributed by atoms with Crippen LogP contribution in [0, 0.1) is 0 Å². The molecule has 0 unspecified atom stereocenters. The van der Waals surface area contributed by atoms with Crippen LogP contribution in [0.15, 0.2) is 24.3 Å². The molecule has 0 atom stereocenters. The number of carbonyl (C=O) groups excluding carboxylic acids is 1. The summed E-state index contributed by atoms with van der Waals surface area (Å²) in [5.41, 5.74) is -1.23. The number of anilines is 1. The molecule has 1 N–H and O–H groups in total. The Bertz CT molecular complexity index is 363. The van der Waals surface area contributed by atoms with Crippen LogP contribution in [0.25, 0.3) is 0 Å². The zero-order chi connectivity index (χ0) is 11.5. The second kappa shape index (κ2) is 4.20. The Hall–Kier alpha value is -1.72. The number of methoxy groups -OCH3 is 1. The van der Waals surface area contributed by atoms with Crippen molar-refractivity contribution in [2.24, 2.45) is 0 Å². The lowest BCUT2D eigenvalue weighted by Gasteiger charge is -2.12. The Morgan fingerprint density at radius 2 is 1.93 bits per heavy atom. The summed E-state index contributed by atoms with van der Waals surface area (Å²) in [6.07, 6.45) is -5.44. The molecule has 0 aromatic heterocycles. The molecule has 1 aromatic carbocycles. The van der Waals surface area contributed by atoms with E-state index in [0.29, 0.717) is 0 Å². The lowest BCUT2D eigenvalue weighted by atomic mass is 10.2. The minimum absolute atomic E-state index is 0.322. The fourth-order valence-corrected chi connectivity index (χ4v) is 1.00. The average molecular weight is 219 g/mol. The van der Waals surface area contributed by atoms with Crippen LogP contribution in [0.4, 0.5) is 23.7 Å². The van der Waals surface area contributed by atoms with Crippen LogP contribution in [0.2, 0.25) is 0 Å². The zero-order valence-electron chi connectivity index (χ0n) is 7.76. The Labute approximate surface area is 83.8 Å². The highest BCUT2D eigenvalue weighted by Gasteiger charge is 2.33. The standard InChI is InChI=1S/C9H8F3NO2/c1-15-8(14)13-7-5-3-2-4-6(7)9(10,11)12/h2-5H,1H3,(H,13,14). The molecule has 0 radical (unpaired) electrons. The van der Waals surface area contributed by atoms with Gasteiger partial charge in [0.2, 0.25) is 0 Å². The minimum atomic E-state index is -4.50. The summed E-state index contributed by atoms with van der Waals surface area (Å²) in [6, 6.07) is 4.66. The SMILES string of the molecule is COC(=O)Nc1ccccc1C(F)(F)F. The highest BCUT2D eigenvalue weighted by Crippen LogP contribution is 2.34. The van der Waals surface area contributed by atoms with E-state index in [1.807, 2.05) is 5.32 Å². The van der Waals surface area contributed by atoms with Crippen LogP contribution in [0.3, 0.4) is 0 Å². The van der Waals surface area contributed by atoms with Crippen LogP contribution in [-0.4, -0.2) is 13.2 Å². The first-order chi connectivity index (χ1) is 6.95. The zero-order valence-corrected chi connectivity index (χ0v) is 7.76. The molecule has 0 saturated heterocycles. The van der Waals surface area contributed by atoms with Crippen molar-refractivity contribution in [1.82, 2.24) is 0 Å². The van der Waals surface area contributed by atoms with E-state index in [0.717, 1.165) is 19.2 Å². The maximum atomic E-state index is 12.4. The van der Waals surface area contributed by atoms with Gasteiger partial charge in [-0.25, -0.2) is 4.79 Å². The van der Waals surface area contributed by atoms with Crippen LogP contribution < -0.4 is 5.32 Å². The van der Waals surface area contributed by atoms with Gasteiger partial charge in [-0.1, -0.05) is 12.1 Å². The molecule has 0 saturated carbocycles. The van der Waals surface area contributed by atoms with E-state index in [1.165, 1.54) is 12.1 Å². The fourth-order valence-electron chi connectivity index (χ4n) is 1.00. The Morgan fingerprint density at radius 3 is 2.47 bits per heavy atom. The largest absolute Gasteiger partial charge is 0.453 e. The summed E-state index contributed by atoms with van der Waals surface area (Å²) >= 11 is 0. The number of carbonyl (C=O) groups is 1. The number of hydrogen-bond donors (Lipinski definition) is 1. The van der Waals surface area contributed by atoms with Crippen molar-refractivity contribution in [3.63, 3.8) is 0 Å². The summed E-state index contributed by atoms with van der Waals surface area (Å²) in [4.78, 5) is 10.8. The molecule has 3 nitrogen and oxygen atoms in total. The number of amides is 1. The maximum absolute atomic E-state index is 12.4. The molecule has 6 heteroatoms. The predicted octanol–water partition coefficient (Wildman–Crippen LogP) is 2.88. The molecule has 82 valence electrons. The molecule has 0 aliphatic heterocycles. The topological polar surface area (TPSA) is 38.3 Å². The number of benzene rings is 1. The number of nitrogens with one attached hydrogen (secondary N) is 1. The summed E-state index contributed by atoms with van der Waals surface area (Å²) in [7, 11) is 1.07. The summed E-state index contributed by atoms with van der Waals surface area (Å²) in [5.74, 6) is 0. The van der Waals surface area contributed by atoms with Gasteiger partial charge in [0, 0.05) is 0 Å².